The maximum atomic E-state index is 12.5. The smallest absolute Gasteiger partial charge is 0.415 e. The van der Waals surface area contributed by atoms with E-state index < -0.39 is 29.7 Å². The standard InChI is InChI=1S/C20H25NO6/c1-5-25-17(22)12-15-11-16(21(15)19(24)27-20(2,3)4)18(23)26-13-14-9-7-6-8-10-14/h6-10,12,16H,5,11,13H2,1-4H3/b15-12+/t16-/m0/s1. The molecule has 0 unspecified atom stereocenters. The number of benzene rings is 1. The predicted molar refractivity (Wildman–Crippen MR) is 97.4 cm³/mol. The molecule has 27 heavy (non-hydrogen) atoms. The first-order valence-corrected chi connectivity index (χ1v) is 8.81. The Labute approximate surface area is 158 Å². The summed E-state index contributed by atoms with van der Waals surface area (Å²) in [6.45, 7) is 7.19. The van der Waals surface area contributed by atoms with E-state index in [0.717, 1.165) is 10.5 Å². The van der Waals surface area contributed by atoms with Crippen molar-refractivity contribution in [2.75, 3.05) is 6.61 Å². The second-order valence-electron chi connectivity index (χ2n) is 7.05. The molecule has 7 heteroatoms. The fourth-order valence-corrected chi connectivity index (χ4v) is 2.49. The van der Waals surface area contributed by atoms with Crippen molar-refractivity contribution in [3.05, 3.63) is 47.7 Å². The minimum Gasteiger partial charge on any atom is -0.463 e. The van der Waals surface area contributed by atoms with Gasteiger partial charge in [0.25, 0.3) is 0 Å². The summed E-state index contributed by atoms with van der Waals surface area (Å²) < 4.78 is 15.5. The van der Waals surface area contributed by atoms with Crippen molar-refractivity contribution < 1.29 is 28.6 Å². The summed E-state index contributed by atoms with van der Waals surface area (Å²) in [5.74, 6) is -1.12. The quantitative estimate of drug-likeness (QED) is 0.447. The summed E-state index contributed by atoms with van der Waals surface area (Å²) in [7, 11) is 0. The van der Waals surface area contributed by atoms with E-state index in [1.807, 2.05) is 30.3 Å². The molecule has 1 fully saturated rings. The van der Waals surface area contributed by atoms with E-state index in [9.17, 15) is 14.4 Å². The fourth-order valence-electron chi connectivity index (χ4n) is 2.49. The van der Waals surface area contributed by atoms with Crippen LogP contribution in [0.5, 0.6) is 0 Å². The van der Waals surface area contributed by atoms with Crippen LogP contribution in [-0.4, -0.2) is 41.2 Å². The van der Waals surface area contributed by atoms with Crippen molar-refractivity contribution in [2.24, 2.45) is 0 Å². The minimum atomic E-state index is -0.829. The Morgan fingerprint density at radius 3 is 2.41 bits per heavy atom. The number of esters is 2. The lowest BCUT2D eigenvalue weighted by molar-refractivity contribution is -0.153. The van der Waals surface area contributed by atoms with Gasteiger partial charge in [0.2, 0.25) is 0 Å². The molecule has 1 heterocycles. The second-order valence-corrected chi connectivity index (χ2v) is 7.05. The zero-order chi connectivity index (χ0) is 20.0. The van der Waals surface area contributed by atoms with Crippen LogP contribution in [0.4, 0.5) is 4.79 Å². The zero-order valence-electron chi connectivity index (χ0n) is 16.1. The van der Waals surface area contributed by atoms with Crippen molar-refractivity contribution in [2.45, 2.75) is 52.4 Å². The summed E-state index contributed by atoms with van der Waals surface area (Å²) in [5, 5.41) is 0. The number of ether oxygens (including phenoxy) is 3. The molecule has 1 aliphatic heterocycles. The summed E-state index contributed by atoms with van der Waals surface area (Å²) in [5.41, 5.74) is 0.473. The van der Waals surface area contributed by atoms with Crippen molar-refractivity contribution in [3.63, 3.8) is 0 Å². The number of hydrogen-bond donors (Lipinski definition) is 0. The third-order valence-corrected chi connectivity index (χ3v) is 3.68. The molecule has 0 bridgehead atoms. The van der Waals surface area contributed by atoms with Gasteiger partial charge in [-0.15, -0.1) is 0 Å². The molecule has 0 spiro atoms. The van der Waals surface area contributed by atoms with E-state index in [0.29, 0.717) is 5.70 Å². The van der Waals surface area contributed by atoms with Crippen LogP contribution in [-0.2, 0) is 30.4 Å². The van der Waals surface area contributed by atoms with Crippen LogP contribution in [0.25, 0.3) is 0 Å². The average Bonchev–Trinajstić information content (AvgIpc) is 2.55. The first-order valence-electron chi connectivity index (χ1n) is 8.81. The molecule has 1 aliphatic rings. The lowest BCUT2D eigenvalue weighted by atomic mass is 9.98. The van der Waals surface area contributed by atoms with Crippen molar-refractivity contribution in [1.82, 2.24) is 4.90 Å². The average molecular weight is 375 g/mol. The van der Waals surface area contributed by atoms with Gasteiger partial charge in [-0.1, -0.05) is 30.3 Å². The van der Waals surface area contributed by atoms with Gasteiger partial charge >= 0.3 is 18.0 Å². The lowest BCUT2D eigenvalue weighted by Crippen LogP contribution is -2.55. The van der Waals surface area contributed by atoms with Crippen LogP contribution in [0.1, 0.15) is 39.7 Å². The van der Waals surface area contributed by atoms with Crippen molar-refractivity contribution in [1.29, 1.82) is 0 Å². The number of carbonyl (C=O) groups is 3. The molecule has 1 aromatic rings. The molecule has 146 valence electrons. The summed E-state index contributed by atoms with van der Waals surface area (Å²) in [6, 6.07) is 8.41. The van der Waals surface area contributed by atoms with E-state index in [1.165, 1.54) is 6.08 Å². The maximum Gasteiger partial charge on any atom is 0.415 e. The SMILES string of the molecule is CCOC(=O)/C=C1\C[C@@H](C(=O)OCc2ccccc2)N1C(=O)OC(C)(C)C. The van der Waals surface area contributed by atoms with Gasteiger partial charge in [-0.05, 0) is 33.3 Å². The zero-order valence-corrected chi connectivity index (χ0v) is 16.1. The Morgan fingerprint density at radius 2 is 1.81 bits per heavy atom. The van der Waals surface area contributed by atoms with Crippen LogP contribution in [0.15, 0.2) is 42.1 Å². The Hall–Kier alpha value is -2.83. The summed E-state index contributed by atoms with van der Waals surface area (Å²) >= 11 is 0. The maximum absolute atomic E-state index is 12.5. The number of amides is 1. The highest BCUT2D eigenvalue weighted by atomic mass is 16.6. The third-order valence-electron chi connectivity index (χ3n) is 3.68. The molecule has 1 aromatic carbocycles. The number of hydrogen-bond acceptors (Lipinski definition) is 6. The van der Waals surface area contributed by atoms with Crippen LogP contribution in [0.2, 0.25) is 0 Å². The minimum absolute atomic E-state index is 0.106. The first-order chi connectivity index (χ1) is 12.7. The van der Waals surface area contributed by atoms with E-state index >= 15 is 0 Å². The normalized spacial score (nSPS) is 17.9. The highest BCUT2D eigenvalue weighted by molar-refractivity contribution is 5.89. The molecule has 2 rings (SSSR count). The molecule has 0 saturated carbocycles. The van der Waals surface area contributed by atoms with E-state index in [2.05, 4.69) is 0 Å². The molecule has 0 aliphatic carbocycles. The molecule has 0 aromatic heterocycles. The Balaban J connectivity index is 2.08. The van der Waals surface area contributed by atoms with Crippen LogP contribution >= 0.6 is 0 Å². The Bertz CT molecular complexity index is 720. The number of nitrogens with zero attached hydrogens (tertiary/aromatic N) is 1. The third kappa shape index (κ3) is 5.84. The summed E-state index contributed by atoms with van der Waals surface area (Å²) in [6.07, 6.45) is 0.700. The van der Waals surface area contributed by atoms with E-state index in [4.69, 9.17) is 14.2 Å². The monoisotopic (exact) mass is 375 g/mol. The summed E-state index contributed by atoms with van der Waals surface area (Å²) in [4.78, 5) is 37.7. The van der Waals surface area contributed by atoms with Gasteiger partial charge in [0.05, 0.1) is 6.61 Å². The van der Waals surface area contributed by atoms with Gasteiger partial charge in [-0.3, -0.25) is 4.90 Å². The molecule has 1 amide bonds. The molecule has 1 atom stereocenters. The second kappa shape index (κ2) is 8.70. The molecular weight excluding hydrogens is 350 g/mol. The van der Waals surface area contributed by atoms with E-state index in [-0.39, 0.29) is 19.6 Å². The molecule has 0 N–H and O–H groups in total. The highest BCUT2D eigenvalue weighted by Gasteiger charge is 2.45. The number of carbonyl (C=O) groups excluding carboxylic acids is 3. The number of likely N-dealkylation sites (tertiary alicyclic amines) is 1. The van der Waals surface area contributed by atoms with Crippen molar-refractivity contribution in [3.8, 4) is 0 Å². The van der Waals surface area contributed by atoms with Gasteiger partial charge in [0, 0.05) is 18.2 Å². The van der Waals surface area contributed by atoms with Crippen LogP contribution < -0.4 is 0 Å². The molecule has 7 nitrogen and oxygen atoms in total. The molecular formula is C20H25NO6. The van der Waals surface area contributed by atoms with E-state index in [1.54, 1.807) is 27.7 Å². The Kier molecular flexibility index (Phi) is 6.60. The molecule has 1 saturated heterocycles. The lowest BCUT2D eigenvalue weighted by Gasteiger charge is -2.41. The van der Waals surface area contributed by atoms with Gasteiger partial charge < -0.3 is 14.2 Å². The largest absolute Gasteiger partial charge is 0.463 e. The van der Waals surface area contributed by atoms with Crippen molar-refractivity contribution >= 4 is 18.0 Å². The first kappa shape index (κ1) is 20.5. The highest BCUT2D eigenvalue weighted by Crippen LogP contribution is 2.32. The topological polar surface area (TPSA) is 82.1 Å². The predicted octanol–water partition coefficient (Wildman–Crippen LogP) is 3.19. The molecule has 0 radical (unpaired) electrons. The Morgan fingerprint density at radius 1 is 1.15 bits per heavy atom. The van der Waals surface area contributed by atoms with Gasteiger partial charge in [0.1, 0.15) is 18.2 Å². The van der Waals surface area contributed by atoms with Crippen LogP contribution in [0, 0.1) is 0 Å². The van der Waals surface area contributed by atoms with Crippen LogP contribution in [0.3, 0.4) is 0 Å². The fraction of sp³-hybridized carbons (Fsp3) is 0.450. The van der Waals surface area contributed by atoms with Gasteiger partial charge in [-0.2, -0.15) is 0 Å². The van der Waals surface area contributed by atoms with Gasteiger partial charge in [-0.25, -0.2) is 14.4 Å². The number of rotatable bonds is 5. The van der Waals surface area contributed by atoms with Gasteiger partial charge in [0.15, 0.2) is 0 Å².